The van der Waals surface area contributed by atoms with Gasteiger partial charge in [0.1, 0.15) is 5.75 Å². The normalized spacial score (nSPS) is 14.8. The van der Waals surface area contributed by atoms with Gasteiger partial charge in [-0.1, -0.05) is 45.5 Å². The first kappa shape index (κ1) is 23.8. The molecular formula is C28H26N2O5S. The highest BCUT2D eigenvalue weighted by atomic mass is 32.2. The van der Waals surface area contributed by atoms with Crippen LogP contribution in [0.3, 0.4) is 0 Å². The van der Waals surface area contributed by atoms with Crippen molar-refractivity contribution in [1.82, 2.24) is 10.0 Å². The summed E-state index contributed by atoms with van der Waals surface area (Å²) in [6.07, 6.45) is -0.612. The fraction of sp³-hybridized carbons (Fsp3) is 0.214. The largest absolute Gasteiger partial charge is 0.479 e. The van der Waals surface area contributed by atoms with E-state index in [1.807, 2.05) is 18.2 Å². The smallest absolute Gasteiger partial charge is 0.259 e. The molecule has 7 nitrogen and oxygen atoms in total. The van der Waals surface area contributed by atoms with Crippen LogP contribution in [0.1, 0.15) is 58.7 Å². The molecule has 2 aliphatic rings. The summed E-state index contributed by atoms with van der Waals surface area (Å²) in [5, 5.41) is 2.30. The average Bonchev–Trinajstić information content (AvgIpc) is 3.44. The van der Waals surface area contributed by atoms with E-state index in [0.29, 0.717) is 28.5 Å². The van der Waals surface area contributed by atoms with Crippen LogP contribution in [-0.2, 0) is 5.41 Å². The zero-order valence-electron chi connectivity index (χ0n) is 20.2. The van der Waals surface area contributed by atoms with Crippen LogP contribution in [0.4, 0.5) is 0 Å². The molecular weight excluding hydrogens is 476 g/mol. The maximum atomic E-state index is 12.1. The minimum Gasteiger partial charge on any atom is -0.479 e. The lowest BCUT2D eigenvalue weighted by Crippen LogP contribution is -2.20. The van der Waals surface area contributed by atoms with Crippen molar-refractivity contribution in [2.75, 3.05) is 6.79 Å². The Morgan fingerprint density at radius 3 is 2.44 bits per heavy atom. The Morgan fingerprint density at radius 1 is 0.972 bits per heavy atom. The zero-order valence-corrected chi connectivity index (χ0v) is 21.0. The van der Waals surface area contributed by atoms with E-state index in [0.717, 1.165) is 10.5 Å². The standard InChI is InChI=1S/C28H26N2O5S/c1-16(30-36-20-9-6-18(7-10-20)28(2,3)4)25(17-5-12-23-24(13-17)34-15-33-23)35-19-8-11-21-22(14-19)27(32)29-26(21)31/h5-14,25,30H,1,15H2,2-4H3,(H,29,31,32). The fourth-order valence-corrected chi connectivity index (χ4v) is 4.60. The molecule has 1 unspecified atom stereocenters. The van der Waals surface area contributed by atoms with E-state index in [9.17, 15) is 9.59 Å². The number of hydrogen-bond acceptors (Lipinski definition) is 7. The van der Waals surface area contributed by atoms with Gasteiger partial charge >= 0.3 is 0 Å². The lowest BCUT2D eigenvalue weighted by Gasteiger charge is -2.23. The number of hydrogen-bond donors (Lipinski definition) is 2. The van der Waals surface area contributed by atoms with Gasteiger partial charge < -0.3 is 18.9 Å². The summed E-state index contributed by atoms with van der Waals surface area (Å²) in [6, 6.07) is 18.8. The molecule has 0 radical (unpaired) electrons. The Kier molecular flexibility index (Phi) is 6.14. The third-order valence-electron chi connectivity index (χ3n) is 6.00. The lowest BCUT2D eigenvalue weighted by molar-refractivity contribution is 0.0879. The number of imide groups is 1. The molecule has 2 heterocycles. The molecule has 3 aromatic rings. The molecule has 184 valence electrons. The zero-order chi connectivity index (χ0) is 25.4. The summed E-state index contributed by atoms with van der Waals surface area (Å²) in [4.78, 5) is 25.1. The van der Waals surface area contributed by atoms with Crippen LogP contribution < -0.4 is 24.2 Å². The molecule has 1 atom stereocenters. The van der Waals surface area contributed by atoms with Gasteiger partial charge in [0.05, 0.1) is 16.8 Å². The molecule has 0 spiro atoms. The van der Waals surface area contributed by atoms with Gasteiger partial charge in [0.25, 0.3) is 11.8 Å². The monoisotopic (exact) mass is 502 g/mol. The van der Waals surface area contributed by atoms with Gasteiger partial charge in [0, 0.05) is 10.5 Å². The number of benzene rings is 3. The molecule has 2 N–H and O–H groups in total. The van der Waals surface area contributed by atoms with Crippen molar-refractivity contribution >= 4 is 23.8 Å². The second kappa shape index (κ2) is 9.28. The van der Waals surface area contributed by atoms with E-state index in [-0.39, 0.29) is 17.8 Å². The van der Waals surface area contributed by atoms with Crippen molar-refractivity contribution in [3.63, 3.8) is 0 Å². The fourth-order valence-electron chi connectivity index (χ4n) is 3.97. The summed E-state index contributed by atoms with van der Waals surface area (Å²) in [7, 11) is 0. The highest BCUT2D eigenvalue weighted by Gasteiger charge is 2.28. The van der Waals surface area contributed by atoms with Crippen molar-refractivity contribution in [1.29, 1.82) is 0 Å². The summed E-state index contributed by atoms with van der Waals surface area (Å²) in [6.45, 7) is 10.9. The highest BCUT2D eigenvalue weighted by molar-refractivity contribution is 7.97. The van der Waals surface area contributed by atoms with Gasteiger partial charge in [-0.2, -0.15) is 0 Å². The summed E-state index contributed by atoms with van der Waals surface area (Å²) < 4.78 is 20.6. The van der Waals surface area contributed by atoms with E-state index >= 15 is 0 Å². The van der Waals surface area contributed by atoms with Crippen molar-refractivity contribution in [3.8, 4) is 17.2 Å². The van der Waals surface area contributed by atoms with Gasteiger partial charge in [-0.3, -0.25) is 14.9 Å². The van der Waals surface area contributed by atoms with Crippen molar-refractivity contribution in [2.24, 2.45) is 0 Å². The van der Waals surface area contributed by atoms with Crippen molar-refractivity contribution in [3.05, 3.63) is 95.2 Å². The molecule has 0 saturated carbocycles. The molecule has 0 fully saturated rings. The summed E-state index contributed by atoms with van der Waals surface area (Å²) in [5.74, 6) is 0.874. The molecule has 0 aliphatic carbocycles. The Hall–Kier alpha value is -3.91. The molecule has 2 amide bonds. The first-order valence-electron chi connectivity index (χ1n) is 11.5. The number of carbonyl (C=O) groups excluding carboxylic acids is 2. The maximum Gasteiger partial charge on any atom is 0.259 e. The average molecular weight is 503 g/mol. The van der Waals surface area contributed by atoms with E-state index in [2.05, 4.69) is 61.7 Å². The van der Waals surface area contributed by atoms with Crippen LogP contribution in [0, 0.1) is 0 Å². The predicted octanol–water partition coefficient (Wildman–Crippen LogP) is 5.53. The van der Waals surface area contributed by atoms with Gasteiger partial charge in [0.15, 0.2) is 17.6 Å². The third-order valence-corrected chi connectivity index (χ3v) is 6.87. The quantitative estimate of drug-likeness (QED) is 0.325. The second-order valence-corrected chi connectivity index (χ2v) is 10.5. The van der Waals surface area contributed by atoms with Crippen molar-refractivity contribution < 1.29 is 23.8 Å². The third kappa shape index (κ3) is 4.77. The number of ether oxygens (including phenoxy) is 3. The summed E-state index contributed by atoms with van der Waals surface area (Å²) in [5.41, 5.74) is 3.34. The van der Waals surface area contributed by atoms with Crippen LogP contribution >= 0.6 is 11.9 Å². The van der Waals surface area contributed by atoms with Crippen LogP contribution in [0.25, 0.3) is 0 Å². The Morgan fingerprint density at radius 2 is 1.69 bits per heavy atom. The van der Waals surface area contributed by atoms with Gasteiger partial charge in [-0.05, 0) is 65.4 Å². The molecule has 0 saturated heterocycles. The van der Waals surface area contributed by atoms with E-state index in [1.165, 1.54) is 17.5 Å². The van der Waals surface area contributed by atoms with Crippen LogP contribution in [0.15, 0.2) is 77.8 Å². The Labute approximate surface area is 214 Å². The topological polar surface area (TPSA) is 85.9 Å². The predicted molar refractivity (Wildman–Crippen MR) is 137 cm³/mol. The SMILES string of the molecule is C=C(NSc1ccc(C(C)(C)C)cc1)C(Oc1ccc2c(c1)C(=O)NC2=O)c1ccc2c(c1)OCO2. The van der Waals surface area contributed by atoms with E-state index in [1.54, 1.807) is 18.2 Å². The number of amides is 2. The first-order valence-corrected chi connectivity index (χ1v) is 12.3. The van der Waals surface area contributed by atoms with E-state index in [4.69, 9.17) is 14.2 Å². The number of nitrogens with one attached hydrogen (secondary N) is 2. The van der Waals surface area contributed by atoms with Gasteiger partial charge in [0.2, 0.25) is 6.79 Å². The molecule has 8 heteroatoms. The lowest BCUT2D eigenvalue weighted by atomic mass is 9.87. The van der Waals surface area contributed by atoms with Gasteiger partial charge in [-0.15, -0.1) is 0 Å². The molecule has 0 aromatic heterocycles. The highest BCUT2D eigenvalue weighted by Crippen LogP contribution is 2.38. The molecule has 0 bridgehead atoms. The van der Waals surface area contributed by atoms with Crippen LogP contribution in [0.5, 0.6) is 17.2 Å². The molecule has 36 heavy (non-hydrogen) atoms. The minimum absolute atomic E-state index is 0.0793. The van der Waals surface area contributed by atoms with Crippen LogP contribution in [0.2, 0.25) is 0 Å². The van der Waals surface area contributed by atoms with Gasteiger partial charge in [-0.25, -0.2) is 0 Å². The number of rotatable bonds is 7. The second-order valence-electron chi connectivity index (χ2n) is 9.60. The van der Waals surface area contributed by atoms with Crippen LogP contribution in [-0.4, -0.2) is 18.6 Å². The molecule has 5 rings (SSSR count). The Bertz CT molecular complexity index is 1360. The van der Waals surface area contributed by atoms with E-state index < -0.39 is 17.9 Å². The molecule has 2 aliphatic heterocycles. The summed E-state index contributed by atoms with van der Waals surface area (Å²) >= 11 is 1.43. The maximum absolute atomic E-state index is 12.1. The number of fused-ring (bicyclic) bond motifs is 2. The molecule has 3 aromatic carbocycles. The number of carbonyl (C=O) groups is 2. The minimum atomic E-state index is -0.612. The first-order chi connectivity index (χ1) is 17.2. The van der Waals surface area contributed by atoms with Crippen molar-refractivity contribution in [2.45, 2.75) is 37.2 Å². The Balaban J connectivity index is 1.38.